The summed E-state index contributed by atoms with van der Waals surface area (Å²) < 4.78 is 0.993. The molecule has 0 radical (unpaired) electrons. The van der Waals surface area contributed by atoms with Gasteiger partial charge in [0.2, 0.25) is 0 Å². The lowest BCUT2D eigenvalue weighted by Crippen LogP contribution is -2.27. The van der Waals surface area contributed by atoms with Crippen molar-refractivity contribution >= 4 is 21.6 Å². The smallest absolute Gasteiger partial charge is 0.112 e. The molecule has 4 heteroatoms. The molecular formula is C13H14BrNO2. The van der Waals surface area contributed by atoms with Crippen molar-refractivity contribution in [3.05, 3.63) is 52.3 Å². The minimum atomic E-state index is 0.102. The van der Waals surface area contributed by atoms with Gasteiger partial charge in [-0.05, 0) is 30.4 Å². The molecule has 90 valence electrons. The van der Waals surface area contributed by atoms with E-state index in [1.165, 1.54) is 0 Å². The van der Waals surface area contributed by atoms with E-state index in [2.05, 4.69) is 15.9 Å². The van der Waals surface area contributed by atoms with Crippen LogP contribution in [-0.4, -0.2) is 23.4 Å². The Hall–Kier alpha value is -1.26. The lowest BCUT2D eigenvalue weighted by molar-refractivity contribution is 0.297. The van der Waals surface area contributed by atoms with Gasteiger partial charge in [-0.1, -0.05) is 22.0 Å². The van der Waals surface area contributed by atoms with Gasteiger partial charge in [-0.15, -0.1) is 0 Å². The van der Waals surface area contributed by atoms with Crippen molar-refractivity contribution in [2.24, 2.45) is 0 Å². The molecule has 0 aromatic heterocycles. The molecule has 1 aliphatic rings. The van der Waals surface area contributed by atoms with Crippen LogP contribution in [0, 0.1) is 0 Å². The third-order valence-corrected chi connectivity index (χ3v) is 3.12. The second-order valence-electron chi connectivity index (χ2n) is 3.86. The molecule has 17 heavy (non-hydrogen) atoms. The first-order valence-electron chi connectivity index (χ1n) is 5.43. The summed E-state index contributed by atoms with van der Waals surface area (Å²) in [4.78, 5) is 2.00. The second-order valence-corrected chi connectivity index (χ2v) is 4.77. The third-order valence-electron chi connectivity index (χ3n) is 2.62. The average molecular weight is 296 g/mol. The highest BCUT2D eigenvalue weighted by atomic mass is 79.9. The van der Waals surface area contributed by atoms with Gasteiger partial charge in [0, 0.05) is 28.9 Å². The molecule has 0 unspecified atom stereocenters. The van der Waals surface area contributed by atoms with E-state index in [0.717, 1.165) is 15.9 Å². The molecule has 1 aliphatic heterocycles. The number of nitrogens with zero attached hydrogens (tertiary/aromatic N) is 1. The lowest BCUT2D eigenvalue weighted by atomic mass is 10.1. The van der Waals surface area contributed by atoms with Crippen LogP contribution in [0.5, 0.6) is 0 Å². The molecule has 1 aromatic rings. The maximum atomic E-state index is 9.60. The molecule has 2 N–H and O–H groups in total. The highest BCUT2D eigenvalue weighted by Gasteiger charge is 2.16. The van der Waals surface area contributed by atoms with Gasteiger partial charge in [0.15, 0.2) is 0 Å². The number of aliphatic hydroxyl groups is 2. The van der Waals surface area contributed by atoms with Gasteiger partial charge in [-0.3, -0.25) is 0 Å². The Morgan fingerprint density at radius 1 is 1.29 bits per heavy atom. The van der Waals surface area contributed by atoms with Crippen LogP contribution in [0.4, 0.5) is 5.69 Å². The molecule has 0 saturated heterocycles. The summed E-state index contributed by atoms with van der Waals surface area (Å²) in [7, 11) is 0. The summed E-state index contributed by atoms with van der Waals surface area (Å²) in [5.41, 5.74) is 2.00. The Kier molecular flexibility index (Phi) is 3.86. The molecule has 0 spiro atoms. The van der Waals surface area contributed by atoms with Gasteiger partial charge in [0.1, 0.15) is 5.76 Å². The lowest BCUT2D eigenvalue weighted by Gasteiger charge is -2.29. The SMILES string of the molecule is OCCC1=CC=C(O)CN1c1cccc(Br)c1. The summed E-state index contributed by atoms with van der Waals surface area (Å²) in [6.45, 7) is 0.549. The molecule has 0 atom stereocenters. The third kappa shape index (κ3) is 2.90. The van der Waals surface area contributed by atoms with Crippen molar-refractivity contribution in [2.75, 3.05) is 18.1 Å². The van der Waals surface area contributed by atoms with Crippen molar-refractivity contribution in [1.82, 2.24) is 0 Å². The normalized spacial score (nSPS) is 15.5. The Balaban J connectivity index is 2.30. The summed E-state index contributed by atoms with van der Waals surface area (Å²) in [5, 5.41) is 18.6. The number of anilines is 1. The van der Waals surface area contributed by atoms with E-state index in [4.69, 9.17) is 5.11 Å². The quantitative estimate of drug-likeness (QED) is 0.901. The zero-order valence-electron chi connectivity index (χ0n) is 9.31. The Bertz CT molecular complexity index is 468. The minimum Gasteiger partial charge on any atom is -0.510 e. The van der Waals surface area contributed by atoms with E-state index in [9.17, 15) is 5.11 Å². The number of aliphatic hydroxyl groups excluding tert-OH is 2. The zero-order valence-corrected chi connectivity index (χ0v) is 10.9. The van der Waals surface area contributed by atoms with Crippen LogP contribution in [-0.2, 0) is 0 Å². The first-order chi connectivity index (χ1) is 8.20. The Labute approximate surface area is 109 Å². The molecule has 0 bridgehead atoms. The number of hydrogen-bond donors (Lipinski definition) is 2. The Morgan fingerprint density at radius 3 is 2.82 bits per heavy atom. The highest BCUT2D eigenvalue weighted by molar-refractivity contribution is 9.10. The molecule has 1 heterocycles. The summed E-state index contributed by atoms with van der Waals surface area (Å²) in [5.74, 6) is 0.326. The zero-order chi connectivity index (χ0) is 12.3. The molecular weight excluding hydrogens is 282 g/mol. The highest BCUT2D eigenvalue weighted by Crippen LogP contribution is 2.27. The number of hydrogen-bond acceptors (Lipinski definition) is 3. The van der Waals surface area contributed by atoms with Gasteiger partial charge < -0.3 is 15.1 Å². The van der Waals surface area contributed by atoms with Gasteiger partial charge in [0.05, 0.1) is 6.54 Å². The van der Waals surface area contributed by atoms with Gasteiger partial charge in [-0.25, -0.2) is 0 Å². The number of benzene rings is 1. The first-order valence-corrected chi connectivity index (χ1v) is 6.22. The fourth-order valence-electron chi connectivity index (χ4n) is 1.83. The molecule has 1 aromatic carbocycles. The largest absolute Gasteiger partial charge is 0.510 e. The van der Waals surface area contributed by atoms with Crippen LogP contribution in [0.25, 0.3) is 0 Å². The number of rotatable bonds is 3. The first kappa shape index (κ1) is 12.2. The molecule has 2 rings (SSSR count). The number of allylic oxidation sites excluding steroid dienone is 2. The predicted molar refractivity (Wildman–Crippen MR) is 72.0 cm³/mol. The van der Waals surface area contributed by atoms with Gasteiger partial charge >= 0.3 is 0 Å². The van der Waals surface area contributed by atoms with Crippen LogP contribution in [0.15, 0.2) is 52.3 Å². The van der Waals surface area contributed by atoms with Crippen LogP contribution >= 0.6 is 15.9 Å². The molecule has 0 amide bonds. The minimum absolute atomic E-state index is 0.102. The van der Waals surface area contributed by atoms with Crippen LogP contribution in [0.2, 0.25) is 0 Å². The maximum absolute atomic E-state index is 9.60. The van der Waals surface area contributed by atoms with E-state index < -0.39 is 0 Å². The fraction of sp³-hybridized carbons (Fsp3) is 0.231. The summed E-state index contributed by atoms with van der Waals surface area (Å²) >= 11 is 3.43. The summed E-state index contributed by atoms with van der Waals surface area (Å²) in [6, 6.07) is 7.88. The van der Waals surface area contributed by atoms with Crippen molar-refractivity contribution in [3.8, 4) is 0 Å². The van der Waals surface area contributed by atoms with Gasteiger partial charge in [-0.2, -0.15) is 0 Å². The second kappa shape index (κ2) is 5.38. The molecule has 3 nitrogen and oxygen atoms in total. The van der Waals surface area contributed by atoms with Gasteiger partial charge in [0.25, 0.3) is 0 Å². The van der Waals surface area contributed by atoms with E-state index in [0.29, 0.717) is 18.7 Å². The van der Waals surface area contributed by atoms with Crippen molar-refractivity contribution in [3.63, 3.8) is 0 Å². The standard InChI is InChI=1S/C13H14BrNO2/c14-10-2-1-3-12(8-10)15-9-13(17)5-4-11(15)6-7-16/h1-5,8,16-17H,6-7,9H2. The van der Waals surface area contributed by atoms with E-state index >= 15 is 0 Å². The van der Waals surface area contributed by atoms with Crippen molar-refractivity contribution in [1.29, 1.82) is 0 Å². The van der Waals surface area contributed by atoms with E-state index in [1.807, 2.05) is 35.2 Å². The predicted octanol–water partition coefficient (Wildman–Crippen LogP) is 2.98. The topological polar surface area (TPSA) is 43.7 Å². The van der Waals surface area contributed by atoms with Crippen molar-refractivity contribution in [2.45, 2.75) is 6.42 Å². The Morgan fingerprint density at radius 2 is 2.12 bits per heavy atom. The van der Waals surface area contributed by atoms with E-state index in [1.54, 1.807) is 6.08 Å². The monoisotopic (exact) mass is 295 g/mol. The molecule has 0 fully saturated rings. The molecule has 0 saturated carbocycles. The molecule has 0 aliphatic carbocycles. The van der Waals surface area contributed by atoms with Crippen LogP contribution in [0.3, 0.4) is 0 Å². The van der Waals surface area contributed by atoms with Crippen LogP contribution < -0.4 is 4.90 Å². The van der Waals surface area contributed by atoms with Crippen molar-refractivity contribution < 1.29 is 10.2 Å². The van der Waals surface area contributed by atoms with E-state index in [-0.39, 0.29) is 6.61 Å². The maximum Gasteiger partial charge on any atom is 0.112 e. The van der Waals surface area contributed by atoms with Crippen LogP contribution in [0.1, 0.15) is 6.42 Å². The summed E-state index contributed by atoms with van der Waals surface area (Å²) in [6.07, 6.45) is 4.10. The average Bonchev–Trinajstić information content (AvgIpc) is 2.32. The fourth-order valence-corrected chi connectivity index (χ4v) is 2.22. The number of halogens is 1.